The Morgan fingerprint density at radius 1 is 0.417 bits per heavy atom. The molecule has 0 amide bonds. The van der Waals surface area contributed by atoms with Crippen LogP contribution >= 0.6 is 0 Å². The van der Waals surface area contributed by atoms with E-state index in [-0.39, 0.29) is 0 Å². The second-order valence-electron chi connectivity index (χ2n) is 8.41. The first kappa shape index (κ1) is 20.2. The second kappa shape index (κ2) is 14.1. The summed E-state index contributed by atoms with van der Waals surface area (Å²) in [6.07, 6.45) is 25.9. The SMILES string of the molecule is C1CCCC(NCCCCCCNC2CCCCCCC2)CCC1. The normalized spacial score (nSPS) is 22.5. The van der Waals surface area contributed by atoms with Crippen molar-refractivity contribution in [1.29, 1.82) is 0 Å². The Hall–Kier alpha value is -0.0800. The maximum atomic E-state index is 3.83. The van der Waals surface area contributed by atoms with Crippen molar-refractivity contribution in [3.05, 3.63) is 0 Å². The summed E-state index contributed by atoms with van der Waals surface area (Å²) in [4.78, 5) is 0. The Morgan fingerprint density at radius 3 is 1.12 bits per heavy atom. The van der Waals surface area contributed by atoms with Gasteiger partial charge < -0.3 is 10.6 Å². The monoisotopic (exact) mass is 336 g/mol. The molecule has 2 heteroatoms. The van der Waals surface area contributed by atoms with E-state index in [9.17, 15) is 0 Å². The van der Waals surface area contributed by atoms with Crippen LogP contribution in [0.1, 0.15) is 116 Å². The van der Waals surface area contributed by atoms with Gasteiger partial charge in [-0.05, 0) is 51.6 Å². The molecule has 0 aromatic rings. The summed E-state index contributed by atoms with van der Waals surface area (Å²) in [7, 11) is 0. The fourth-order valence-corrected chi connectivity index (χ4v) is 4.54. The Bertz CT molecular complexity index is 235. The Balaban J connectivity index is 1.38. The van der Waals surface area contributed by atoms with Crippen LogP contribution in [-0.2, 0) is 0 Å². The third-order valence-corrected chi connectivity index (χ3v) is 6.18. The van der Waals surface area contributed by atoms with Crippen molar-refractivity contribution in [1.82, 2.24) is 10.6 Å². The van der Waals surface area contributed by atoms with E-state index in [0.29, 0.717) is 0 Å². The third kappa shape index (κ3) is 10.0. The van der Waals surface area contributed by atoms with E-state index in [1.54, 1.807) is 0 Å². The van der Waals surface area contributed by atoms with E-state index in [1.807, 2.05) is 0 Å². The van der Waals surface area contributed by atoms with Gasteiger partial charge in [0.25, 0.3) is 0 Å². The highest BCUT2D eigenvalue weighted by molar-refractivity contribution is 4.71. The van der Waals surface area contributed by atoms with Crippen LogP contribution in [0, 0.1) is 0 Å². The minimum Gasteiger partial charge on any atom is -0.314 e. The van der Waals surface area contributed by atoms with Crippen molar-refractivity contribution in [3.8, 4) is 0 Å². The number of hydrogen-bond donors (Lipinski definition) is 2. The van der Waals surface area contributed by atoms with Crippen LogP contribution in [0.15, 0.2) is 0 Å². The van der Waals surface area contributed by atoms with Gasteiger partial charge in [-0.15, -0.1) is 0 Å². The molecule has 2 saturated carbocycles. The van der Waals surface area contributed by atoms with Gasteiger partial charge in [-0.2, -0.15) is 0 Å². The van der Waals surface area contributed by atoms with Crippen LogP contribution in [-0.4, -0.2) is 25.2 Å². The van der Waals surface area contributed by atoms with Crippen LogP contribution in [0.25, 0.3) is 0 Å². The zero-order valence-corrected chi connectivity index (χ0v) is 16.3. The van der Waals surface area contributed by atoms with Gasteiger partial charge in [0, 0.05) is 12.1 Å². The topological polar surface area (TPSA) is 24.1 Å². The first-order valence-electron chi connectivity index (χ1n) is 11.4. The molecule has 142 valence electrons. The minimum atomic E-state index is 0.825. The number of nitrogens with one attached hydrogen (secondary N) is 2. The Morgan fingerprint density at radius 2 is 0.750 bits per heavy atom. The molecule has 2 N–H and O–H groups in total. The zero-order valence-electron chi connectivity index (χ0n) is 16.3. The lowest BCUT2D eigenvalue weighted by atomic mass is 9.96. The third-order valence-electron chi connectivity index (χ3n) is 6.18. The summed E-state index contributed by atoms with van der Waals surface area (Å²) in [6.45, 7) is 2.50. The van der Waals surface area contributed by atoms with Gasteiger partial charge in [0.1, 0.15) is 0 Å². The van der Waals surface area contributed by atoms with Crippen molar-refractivity contribution < 1.29 is 0 Å². The molecular weight excluding hydrogens is 292 g/mol. The highest BCUT2D eigenvalue weighted by Crippen LogP contribution is 2.18. The smallest absolute Gasteiger partial charge is 0.00670 e. The van der Waals surface area contributed by atoms with Crippen LogP contribution in [0.5, 0.6) is 0 Å². The lowest BCUT2D eigenvalue weighted by Crippen LogP contribution is -2.31. The Labute approximate surface area is 151 Å². The highest BCUT2D eigenvalue weighted by atomic mass is 14.9. The average molecular weight is 337 g/mol. The van der Waals surface area contributed by atoms with E-state index in [0.717, 1.165) is 12.1 Å². The molecule has 0 radical (unpaired) electrons. The van der Waals surface area contributed by atoms with Gasteiger partial charge in [-0.1, -0.05) is 77.0 Å². The minimum absolute atomic E-state index is 0.825. The molecule has 2 nitrogen and oxygen atoms in total. The molecule has 2 aliphatic rings. The predicted octanol–water partition coefficient (Wildman–Crippen LogP) is 5.95. The van der Waals surface area contributed by atoms with Crippen molar-refractivity contribution in [2.75, 3.05) is 13.1 Å². The molecule has 0 aliphatic heterocycles. The van der Waals surface area contributed by atoms with E-state index in [4.69, 9.17) is 0 Å². The van der Waals surface area contributed by atoms with E-state index < -0.39 is 0 Å². The van der Waals surface area contributed by atoms with E-state index in [2.05, 4.69) is 10.6 Å². The maximum absolute atomic E-state index is 3.83. The molecule has 0 saturated heterocycles. The summed E-state index contributed by atoms with van der Waals surface area (Å²) in [5.74, 6) is 0. The summed E-state index contributed by atoms with van der Waals surface area (Å²) in [5, 5.41) is 7.66. The highest BCUT2D eigenvalue weighted by Gasteiger charge is 2.11. The van der Waals surface area contributed by atoms with Crippen LogP contribution in [0.4, 0.5) is 0 Å². The lowest BCUT2D eigenvalue weighted by Gasteiger charge is -2.21. The van der Waals surface area contributed by atoms with Gasteiger partial charge in [-0.3, -0.25) is 0 Å². The fourth-order valence-electron chi connectivity index (χ4n) is 4.54. The van der Waals surface area contributed by atoms with Gasteiger partial charge in [-0.25, -0.2) is 0 Å². The van der Waals surface area contributed by atoms with Crippen LogP contribution in [0.3, 0.4) is 0 Å². The standard InChI is InChI=1S/C22H44N2/c1-3-9-15-21(16-10-4-1)23-19-13-7-8-14-20-24-22-17-11-5-2-6-12-18-22/h21-24H,1-20H2. The van der Waals surface area contributed by atoms with E-state index >= 15 is 0 Å². The Kier molecular flexibility index (Phi) is 11.9. The average Bonchev–Trinajstić information content (AvgIpc) is 2.53. The van der Waals surface area contributed by atoms with E-state index in [1.165, 1.54) is 129 Å². The molecular formula is C22H44N2. The maximum Gasteiger partial charge on any atom is 0.00670 e. The number of unbranched alkanes of at least 4 members (excludes halogenated alkanes) is 3. The predicted molar refractivity (Wildman–Crippen MR) is 107 cm³/mol. The number of hydrogen-bond acceptors (Lipinski definition) is 2. The summed E-state index contributed by atoms with van der Waals surface area (Å²) in [6, 6.07) is 1.65. The lowest BCUT2D eigenvalue weighted by molar-refractivity contribution is 0.379. The first-order valence-corrected chi connectivity index (χ1v) is 11.4. The molecule has 0 bridgehead atoms. The second-order valence-corrected chi connectivity index (χ2v) is 8.41. The quantitative estimate of drug-likeness (QED) is 0.508. The molecule has 2 rings (SSSR count). The van der Waals surface area contributed by atoms with Gasteiger partial charge in [0.15, 0.2) is 0 Å². The van der Waals surface area contributed by atoms with Gasteiger partial charge in [0.05, 0.1) is 0 Å². The largest absolute Gasteiger partial charge is 0.314 e. The first-order chi connectivity index (χ1) is 11.9. The molecule has 0 spiro atoms. The van der Waals surface area contributed by atoms with Crippen molar-refractivity contribution >= 4 is 0 Å². The summed E-state index contributed by atoms with van der Waals surface area (Å²) < 4.78 is 0. The molecule has 0 aromatic carbocycles. The number of rotatable bonds is 9. The van der Waals surface area contributed by atoms with Gasteiger partial charge >= 0.3 is 0 Å². The van der Waals surface area contributed by atoms with Crippen LogP contribution in [0.2, 0.25) is 0 Å². The van der Waals surface area contributed by atoms with Crippen molar-refractivity contribution in [2.24, 2.45) is 0 Å². The van der Waals surface area contributed by atoms with Crippen molar-refractivity contribution in [2.45, 2.75) is 128 Å². The molecule has 0 aromatic heterocycles. The van der Waals surface area contributed by atoms with Gasteiger partial charge in [0.2, 0.25) is 0 Å². The molecule has 0 heterocycles. The molecule has 2 fully saturated rings. The fraction of sp³-hybridized carbons (Fsp3) is 1.00. The summed E-state index contributed by atoms with van der Waals surface area (Å²) in [5.41, 5.74) is 0. The molecule has 0 unspecified atom stereocenters. The summed E-state index contributed by atoms with van der Waals surface area (Å²) >= 11 is 0. The van der Waals surface area contributed by atoms with Crippen LogP contribution < -0.4 is 10.6 Å². The molecule has 2 aliphatic carbocycles. The zero-order chi connectivity index (χ0) is 16.7. The molecule has 0 atom stereocenters. The molecule has 24 heavy (non-hydrogen) atoms. The van der Waals surface area contributed by atoms with Crippen molar-refractivity contribution in [3.63, 3.8) is 0 Å².